The third-order valence-corrected chi connectivity index (χ3v) is 7.80. The van der Waals surface area contributed by atoms with Crippen LogP contribution in [-0.2, 0) is 0 Å². The van der Waals surface area contributed by atoms with Crippen LogP contribution in [0.1, 0.15) is 23.6 Å². The molecule has 1 aromatic heterocycles. The number of anilines is 3. The summed E-state index contributed by atoms with van der Waals surface area (Å²) in [6, 6.07) is 23.0. The third-order valence-electron chi connectivity index (χ3n) is 7.27. The summed E-state index contributed by atoms with van der Waals surface area (Å²) in [6.07, 6.45) is 3.82. The van der Waals surface area contributed by atoms with E-state index in [1.807, 2.05) is 65.8 Å². The summed E-state index contributed by atoms with van der Waals surface area (Å²) in [5.41, 5.74) is 11.4. The fourth-order valence-corrected chi connectivity index (χ4v) is 5.71. The van der Waals surface area contributed by atoms with Gasteiger partial charge >= 0.3 is 0 Å². The number of fused-ring (bicyclic) bond motifs is 1. The molecule has 4 aromatic rings. The molecule has 6 rings (SSSR count). The number of rotatable bonds is 7. The van der Waals surface area contributed by atoms with E-state index in [4.69, 9.17) is 23.2 Å². The fourth-order valence-electron chi connectivity index (χ4n) is 5.25. The molecule has 2 aliphatic rings. The summed E-state index contributed by atoms with van der Waals surface area (Å²) in [4.78, 5) is 4.48. The Bertz CT molecular complexity index is 1640. The highest BCUT2D eigenvalue weighted by atomic mass is 35.5. The van der Waals surface area contributed by atoms with Gasteiger partial charge in [-0.15, -0.1) is 5.53 Å². The van der Waals surface area contributed by atoms with Crippen LogP contribution in [0, 0.1) is 11.3 Å². The van der Waals surface area contributed by atoms with Crippen LogP contribution in [-0.4, -0.2) is 40.3 Å². The second kappa shape index (κ2) is 11.8. The van der Waals surface area contributed by atoms with E-state index in [0.717, 1.165) is 35.6 Å². The lowest BCUT2D eigenvalue weighted by Gasteiger charge is -2.34. The molecule has 11 heteroatoms. The van der Waals surface area contributed by atoms with Crippen molar-refractivity contribution in [2.24, 2.45) is 0 Å². The molecule has 208 valence electrons. The number of hydrazine groups is 2. The molecule has 3 aromatic carbocycles. The first-order chi connectivity index (χ1) is 20.0. The molecule has 2 aliphatic heterocycles. The minimum absolute atomic E-state index is 0.0663. The number of nitriles is 1. The highest BCUT2D eigenvalue weighted by molar-refractivity contribution is 6.36. The Hall–Kier alpha value is -4.04. The lowest BCUT2D eigenvalue weighted by molar-refractivity contribution is 0.0300. The Balaban J connectivity index is 1.39. The number of halogens is 2. The molecular weight excluding hydrogens is 559 g/mol. The van der Waals surface area contributed by atoms with Crippen molar-refractivity contribution in [2.75, 3.05) is 23.7 Å². The Morgan fingerprint density at radius 2 is 1.93 bits per heavy atom. The molecule has 0 spiro atoms. The molecule has 6 N–H and O–H groups in total. The van der Waals surface area contributed by atoms with Gasteiger partial charge < -0.3 is 26.5 Å². The van der Waals surface area contributed by atoms with Gasteiger partial charge in [-0.1, -0.05) is 59.6 Å². The number of β-amino-alcohol motifs (C(OH)–C–C–N with tert-alkyl or cyclic N) is 1. The molecule has 1 saturated heterocycles. The molecule has 1 fully saturated rings. The van der Waals surface area contributed by atoms with Crippen LogP contribution in [0.5, 0.6) is 0 Å². The van der Waals surface area contributed by atoms with Crippen LogP contribution < -0.4 is 26.9 Å². The van der Waals surface area contributed by atoms with Gasteiger partial charge in [0.05, 0.1) is 45.7 Å². The maximum absolute atomic E-state index is 10.6. The smallest absolute Gasteiger partial charge is 0.103 e. The lowest BCUT2D eigenvalue weighted by Crippen LogP contribution is -2.55. The molecule has 0 amide bonds. The standard InChI is InChI=1S/C30H28Cl2N8O/c31-20-7-4-8-21(11-20)36-28-19(14-33)15-35-30-23(28)12-22(13-24(30)32)37-29(18-5-2-1-3-6-18)25-17-40(39-38-25)26-9-10-34-16-27(26)41/h1-8,11-13,15,17,26-27,29,34,37-39,41H,9-10,16H2,(H,35,36)/t26-,27-,29+/m1/s1. The number of hydrogen-bond acceptors (Lipinski definition) is 9. The van der Waals surface area contributed by atoms with E-state index in [-0.39, 0.29) is 12.1 Å². The normalized spacial score (nSPS) is 19.3. The molecule has 0 bridgehead atoms. The average Bonchev–Trinajstić information content (AvgIpc) is 3.47. The maximum atomic E-state index is 10.6. The van der Waals surface area contributed by atoms with Gasteiger partial charge in [-0.3, -0.25) is 9.99 Å². The number of aliphatic hydroxyl groups excluding tert-OH is 1. The van der Waals surface area contributed by atoms with Crippen molar-refractivity contribution < 1.29 is 5.11 Å². The first-order valence-corrected chi connectivity index (χ1v) is 14.0. The SMILES string of the molecule is N#Cc1cnc2c(Cl)cc(N[C@H](C3=CN([C@@H]4CCNC[C@H]4O)NN3)c3ccccc3)cc2c1Nc1cccc(Cl)c1. The van der Waals surface area contributed by atoms with Crippen LogP contribution in [0.3, 0.4) is 0 Å². The number of benzene rings is 3. The van der Waals surface area contributed by atoms with Crippen LogP contribution in [0.15, 0.2) is 84.8 Å². The summed E-state index contributed by atoms with van der Waals surface area (Å²) in [7, 11) is 0. The van der Waals surface area contributed by atoms with Crippen LogP contribution in [0.2, 0.25) is 10.0 Å². The predicted molar refractivity (Wildman–Crippen MR) is 162 cm³/mol. The topological polar surface area (TPSA) is 120 Å². The van der Waals surface area contributed by atoms with Gasteiger partial charge in [-0.25, -0.2) is 0 Å². The average molecular weight is 588 g/mol. The Morgan fingerprint density at radius 3 is 2.71 bits per heavy atom. The lowest BCUT2D eigenvalue weighted by atomic mass is 10.0. The van der Waals surface area contributed by atoms with Gasteiger partial charge in [0.25, 0.3) is 0 Å². The van der Waals surface area contributed by atoms with E-state index in [0.29, 0.717) is 38.7 Å². The van der Waals surface area contributed by atoms with E-state index in [1.54, 1.807) is 12.1 Å². The van der Waals surface area contributed by atoms with Crippen molar-refractivity contribution >= 4 is 51.2 Å². The van der Waals surface area contributed by atoms with Gasteiger partial charge in [0.2, 0.25) is 0 Å². The van der Waals surface area contributed by atoms with Crippen molar-refractivity contribution in [3.63, 3.8) is 0 Å². The minimum Gasteiger partial charge on any atom is -0.390 e. The first kappa shape index (κ1) is 27.1. The predicted octanol–water partition coefficient (Wildman–Crippen LogP) is 5.20. The van der Waals surface area contributed by atoms with Crippen LogP contribution in [0.4, 0.5) is 17.1 Å². The van der Waals surface area contributed by atoms with E-state index in [2.05, 4.69) is 38.0 Å². The second-order valence-electron chi connectivity index (χ2n) is 9.99. The van der Waals surface area contributed by atoms with Gasteiger partial charge in [0.15, 0.2) is 0 Å². The number of hydrogen-bond donors (Lipinski definition) is 6. The monoisotopic (exact) mass is 586 g/mol. The third kappa shape index (κ3) is 5.75. The molecule has 0 aliphatic carbocycles. The zero-order valence-corrected chi connectivity index (χ0v) is 23.4. The zero-order valence-electron chi connectivity index (χ0n) is 21.9. The molecule has 41 heavy (non-hydrogen) atoms. The summed E-state index contributed by atoms with van der Waals surface area (Å²) >= 11 is 13.0. The minimum atomic E-state index is -0.497. The van der Waals surface area contributed by atoms with Crippen molar-refractivity contribution in [3.8, 4) is 6.07 Å². The second-order valence-corrected chi connectivity index (χ2v) is 10.8. The van der Waals surface area contributed by atoms with E-state index in [9.17, 15) is 10.4 Å². The molecule has 0 radical (unpaired) electrons. The van der Waals surface area contributed by atoms with Crippen LogP contribution >= 0.6 is 23.2 Å². The number of nitrogens with zero attached hydrogens (tertiary/aromatic N) is 3. The molecular formula is C30H28Cl2N8O. The number of nitrogens with one attached hydrogen (secondary N) is 5. The number of aromatic nitrogens is 1. The van der Waals surface area contributed by atoms with Gasteiger partial charge in [0.1, 0.15) is 6.07 Å². The summed E-state index contributed by atoms with van der Waals surface area (Å²) in [5, 5.41) is 34.3. The number of piperidine rings is 1. The van der Waals surface area contributed by atoms with Gasteiger partial charge in [-0.05, 0) is 48.9 Å². The summed E-state index contributed by atoms with van der Waals surface area (Å²) < 4.78 is 0. The van der Waals surface area contributed by atoms with Crippen LogP contribution in [0.25, 0.3) is 10.9 Å². The van der Waals surface area contributed by atoms with Crippen molar-refractivity contribution in [1.82, 2.24) is 26.3 Å². The zero-order chi connectivity index (χ0) is 28.3. The summed E-state index contributed by atoms with van der Waals surface area (Å²) in [5.74, 6) is 0. The van der Waals surface area contributed by atoms with Crippen molar-refractivity contribution in [3.05, 3.63) is 106 Å². The van der Waals surface area contributed by atoms with E-state index < -0.39 is 6.10 Å². The Kier molecular flexibility index (Phi) is 7.83. The fraction of sp³-hybridized carbons (Fsp3) is 0.200. The molecule has 0 saturated carbocycles. The molecule has 3 heterocycles. The molecule has 9 nitrogen and oxygen atoms in total. The molecule has 3 atom stereocenters. The highest BCUT2D eigenvalue weighted by Gasteiger charge is 2.32. The Labute approximate surface area is 247 Å². The van der Waals surface area contributed by atoms with E-state index >= 15 is 0 Å². The molecule has 0 unspecified atom stereocenters. The number of pyridine rings is 1. The van der Waals surface area contributed by atoms with Crippen molar-refractivity contribution in [1.29, 1.82) is 5.26 Å². The maximum Gasteiger partial charge on any atom is 0.103 e. The quantitative estimate of drug-likeness (QED) is 0.173. The number of aliphatic hydroxyl groups is 1. The Morgan fingerprint density at radius 1 is 1.07 bits per heavy atom. The highest BCUT2D eigenvalue weighted by Crippen LogP contribution is 2.37. The largest absolute Gasteiger partial charge is 0.390 e. The summed E-state index contributed by atoms with van der Waals surface area (Å²) in [6.45, 7) is 1.38. The van der Waals surface area contributed by atoms with Crippen molar-refractivity contribution in [2.45, 2.75) is 24.6 Å². The van der Waals surface area contributed by atoms with Gasteiger partial charge in [-0.2, -0.15) is 5.26 Å². The van der Waals surface area contributed by atoms with E-state index in [1.165, 1.54) is 6.20 Å². The van der Waals surface area contributed by atoms with Gasteiger partial charge in [0, 0.05) is 40.7 Å². The first-order valence-electron chi connectivity index (χ1n) is 13.3.